The fraction of sp³-hybridized carbons (Fsp3) is 0.462. The van der Waals surface area contributed by atoms with Crippen LogP contribution >= 0.6 is 0 Å². The van der Waals surface area contributed by atoms with Gasteiger partial charge in [-0.05, 0) is 25.5 Å². The molecule has 1 rings (SSSR count). The van der Waals surface area contributed by atoms with E-state index in [2.05, 4.69) is 22.4 Å². The molecule has 0 saturated carbocycles. The maximum atomic E-state index is 8.92. The zero-order valence-electron chi connectivity index (χ0n) is 9.93. The molecule has 1 aromatic rings. The minimum Gasteiger partial charge on any atom is -0.308 e. The number of pyridine rings is 1. The number of aromatic nitrogens is 1. The van der Waals surface area contributed by atoms with Crippen molar-refractivity contribution in [1.29, 1.82) is 10.5 Å². The molecular weight excluding hydrogens is 212 g/mol. The molecule has 0 aromatic carbocycles. The number of nitrogens with zero attached hydrogens (tertiary/aromatic N) is 3. The number of rotatable bonds is 6. The topological polar surface area (TPSA) is 72.5 Å². The minimum absolute atomic E-state index is 0.110. The molecule has 4 nitrogen and oxygen atoms in total. The highest BCUT2D eigenvalue weighted by atomic mass is 14.9. The first-order valence-corrected chi connectivity index (χ1v) is 5.68. The van der Waals surface area contributed by atoms with E-state index in [4.69, 9.17) is 10.5 Å². The van der Waals surface area contributed by atoms with Crippen molar-refractivity contribution in [3.05, 3.63) is 30.1 Å². The average molecular weight is 228 g/mol. The van der Waals surface area contributed by atoms with Crippen molar-refractivity contribution in [3.63, 3.8) is 0 Å². The molecule has 0 aliphatic rings. The normalized spacial score (nSPS) is 13.4. The summed E-state index contributed by atoms with van der Waals surface area (Å²) in [5.41, 5.74) is 0.962. The number of hydrogen-bond donors (Lipinski definition) is 1. The summed E-state index contributed by atoms with van der Waals surface area (Å²) in [5, 5.41) is 20.7. The van der Waals surface area contributed by atoms with E-state index in [0.717, 1.165) is 5.69 Å². The van der Waals surface area contributed by atoms with Gasteiger partial charge in [0.1, 0.15) is 0 Å². The first-order valence-electron chi connectivity index (χ1n) is 5.68. The Hall–Kier alpha value is -1.91. The van der Waals surface area contributed by atoms with Crippen LogP contribution in [-0.2, 0) is 0 Å². The summed E-state index contributed by atoms with van der Waals surface area (Å²) in [6.45, 7) is 2.61. The van der Waals surface area contributed by atoms with Gasteiger partial charge in [-0.25, -0.2) is 0 Å². The largest absolute Gasteiger partial charge is 0.308 e. The highest BCUT2D eigenvalue weighted by molar-refractivity contribution is 5.07. The number of hydrogen-bond acceptors (Lipinski definition) is 4. The van der Waals surface area contributed by atoms with Gasteiger partial charge >= 0.3 is 0 Å². The van der Waals surface area contributed by atoms with Crippen molar-refractivity contribution in [1.82, 2.24) is 10.3 Å². The molecule has 0 radical (unpaired) electrons. The van der Waals surface area contributed by atoms with Crippen LogP contribution in [0.2, 0.25) is 0 Å². The third-order valence-corrected chi connectivity index (χ3v) is 2.59. The van der Waals surface area contributed by atoms with Gasteiger partial charge in [-0.15, -0.1) is 0 Å². The lowest BCUT2D eigenvalue weighted by atomic mass is 10.0. The molecule has 1 heterocycles. The van der Waals surface area contributed by atoms with E-state index in [1.54, 1.807) is 6.20 Å². The maximum Gasteiger partial charge on any atom is 0.0669 e. The van der Waals surface area contributed by atoms with E-state index in [9.17, 15) is 0 Å². The monoisotopic (exact) mass is 228 g/mol. The van der Waals surface area contributed by atoms with Crippen LogP contribution in [0, 0.1) is 28.6 Å². The Kier molecular flexibility index (Phi) is 5.71. The Balaban J connectivity index is 2.40. The molecule has 88 valence electrons. The zero-order valence-corrected chi connectivity index (χ0v) is 9.93. The Morgan fingerprint density at radius 1 is 1.41 bits per heavy atom. The Morgan fingerprint density at radius 2 is 2.24 bits per heavy atom. The third kappa shape index (κ3) is 4.63. The summed E-state index contributed by atoms with van der Waals surface area (Å²) in [4.78, 5) is 4.25. The van der Waals surface area contributed by atoms with Crippen LogP contribution in [0.1, 0.15) is 31.5 Å². The highest BCUT2D eigenvalue weighted by Crippen LogP contribution is 2.10. The second-order valence-electron chi connectivity index (χ2n) is 3.91. The van der Waals surface area contributed by atoms with E-state index < -0.39 is 0 Å². The molecule has 0 bridgehead atoms. The second-order valence-corrected chi connectivity index (χ2v) is 3.91. The number of nitrogens with one attached hydrogen (secondary N) is 1. The maximum absolute atomic E-state index is 8.92. The summed E-state index contributed by atoms with van der Waals surface area (Å²) in [6, 6.07) is 10.2. The lowest BCUT2D eigenvalue weighted by Gasteiger charge is -2.15. The van der Waals surface area contributed by atoms with Crippen molar-refractivity contribution in [2.45, 2.75) is 25.8 Å². The summed E-state index contributed by atoms with van der Waals surface area (Å²) < 4.78 is 0. The van der Waals surface area contributed by atoms with Gasteiger partial charge in [-0.1, -0.05) is 6.07 Å². The lowest BCUT2D eigenvalue weighted by Crippen LogP contribution is -2.25. The van der Waals surface area contributed by atoms with Crippen molar-refractivity contribution in [2.24, 2.45) is 5.92 Å². The molecule has 0 spiro atoms. The summed E-state index contributed by atoms with van der Waals surface area (Å²) >= 11 is 0. The average Bonchev–Trinajstić information content (AvgIpc) is 2.39. The van der Waals surface area contributed by atoms with Gasteiger partial charge in [0.15, 0.2) is 0 Å². The van der Waals surface area contributed by atoms with Gasteiger partial charge in [0.05, 0.1) is 23.8 Å². The van der Waals surface area contributed by atoms with E-state index in [1.165, 1.54) is 0 Å². The quantitative estimate of drug-likeness (QED) is 0.809. The van der Waals surface area contributed by atoms with Crippen LogP contribution in [0.5, 0.6) is 0 Å². The second kappa shape index (κ2) is 7.38. The predicted molar refractivity (Wildman–Crippen MR) is 64.6 cm³/mol. The molecule has 1 N–H and O–H groups in total. The molecule has 4 heteroatoms. The molecule has 0 aliphatic heterocycles. The minimum atomic E-state index is -0.110. The molecule has 0 amide bonds. The van der Waals surface area contributed by atoms with Gasteiger partial charge in [-0.2, -0.15) is 10.5 Å². The first kappa shape index (κ1) is 13.2. The van der Waals surface area contributed by atoms with Gasteiger partial charge in [-0.3, -0.25) is 4.98 Å². The van der Waals surface area contributed by atoms with Gasteiger partial charge in [0.25, 0.3) is 0 Å². The fourth-order valence-corrected chi connectivity index (χ4v) is 1.51. The molecule has 17 heavy (non-hydrogen) atoms. The smallest absolute Gasteiger partial charge is 0.0669 e. The van der Waals surface area contributed by atoms with E-state index in [0.29, 0.717) is 19.4 Å². The fourth-order valence-electron chi connectivity index (χ4n) is 1.51. The SMILES string of the molecule is C[C@H](NC[C@H](C#N)CCC#N)c1ccccn1. The third-order valence-electron chi connectivity index (χ3n) is 2.59. The Labute approximate surface area is 102 Å². The predicted octanol–water partition coefficient (Wildman–Crippen LogP) is 2.18. The first-order chi connectivity index (χ1) is 8.27. The molecule has 2 atom stereocenters. The van der Waals surface area contributed by atoms with Crippen LogP contribution in [0.3, 0.4) is 0 Å². The number of nitriles is 2. The van der Waals surface area contributed by atoms with Crippen molar-refractivity contribution < 1.29 is 0 Å². The standard InChI is InChI=1S/C13H16N4/c1-11(13-6-2-3-8-16-13)17-10-12(9-15)5-4-7-14/h2-3,6,8,11-12,17H,4-5,10H2,1H3/t11-,12-/m0/s1. The van der Waals surface area contributed by atoms with Gasteiger partial charge < -0.3 is 5.32 Å². The molecule has 0 saturated heterocycles. The van der Waals surface area contributed by atoms with Crippen LogP contribution in [-0.4, -0.2) is 11.5 Å². The van der Waals surface area contributed by atoms with Gasteiger partial charge in [0.2, 0.25) is 0 Å². The summed E-state index contributed by atoms with van der Waals surface area (Å²) in [7, 11) is 0. The molecule has 1 aromatic heterocycles. The van der Waals surface area contributed by atoms with E-state index in [-0.39, 0.29) is 12.0 Å². The molecule has 0 aliphatic carbocycles. The van der Waals surface area contributed by atoms with Crippen LogP contribution < -0.4 is 5.32 Å². The van der Waals surface area contributed by atoms with Crippen LogP contribution in [0.4, 0.5) is 0 Å². The van der Waals surface area contributed by atoms with Crippen molar-refractivity contribution >= 4 is 0 Å². The molecule has 0 fully saturated rings. The Bertz CT molecular complexity index is 402. The van der Waals surface area contributed by atoms with E-state index >= 15 is 0 Å². The molecular formula is C13H16N4. The van der Waals surface area contributed by atoms with E-state index in [1.807, 2.05) is 25.1 Å². The summed E-state index contributed by atoms with van der Waals surface area (Å²) in [6.07, 6.45) is 2.80. The Morgan fingerprint density at radius 3 is 2.82 bits per heavy atom. The highest BCUT2D eigenvalue weighted by Gasteiger charge is 2.10. The van der Waals surface area contributed by atoms with Crippen LogP contribution in [0.15, 0.2) is 24.4 Å². The van der Waals surface area contributed by atoms with Gasteiger partial charge in [0, 0.05) is 25.2 Å². The molecule has 0 unspecified atom stereocenters. The van der Waals surface area contributed by atoms with Crippen molar-refractivity contribution in [2.75, 3.05) is 6.54 Å². The zero-order chi connectivity index (χ0) is 12.5. The lowest BCUT2D eigenvalue weighted by molar-refractivity contribution is 0.484. The summed E-state index contributed by atoms with van der Waals surface area (Å²) in [5.74, 6) is -0.110. The van der Waals surface area contributed by atoms with Crippen LogP contribution in [0.25, 0.3) is 0 Å². The van der Waals surface area contributed by atoms with Crippen molar-refractivity contribution in [3.8, 4) is 12.1 Å².